The molecule has 1 aromatic carbocycles. The molecule has 0 spiro atoms. The Morgan fingerprint density at radius 2 is 2.00 bits per heavy atom. The summed E-state index contributed by atoms with van der Waals surface area (Å²) in [5.41, 5.74) is 0.816. The van der Waals surface area contributed by atoms with Crippen molar-refractivity contribution in [3.05, 3.63) is 53.2 Å². The van der Waals surface area contributed by atoms with Crippen molar-refractivity contribution in [1.29, 1.82) is 0 Å². The molecule has 1 aromatic heterocycles. The van der Waals surface area contributed by atoms with E-state index in [0.29, 0.717) is 22.1 Å². The second kappa shape index (κ2) is 9.03. The number of halogens is 1. The Labute approximate surface area is 169 Å². The van der Waals surface area contributed by atoms with E-state index >= 15 is 0 Å². The van der Waals surface area contributed by atoms with Crippen molar-refractivity contribution in [2.75, 3.05) is 23.7 Å². The number of amides is 3. The minimum atomic E-state index is -0.357. The quantitative estimate of drug-likeness (QED) is 0.714. The summed E-state index contributed by atoms with van der Waals surface area (Å²) in [5, 5.41) is 9.40. The molecule has 0 bridgehead atoms. The van der Waals surface area contributed by atoms with Gasteiger partial charge in [0.2, 0.25) is 0 Å². The number of nitrogens with zero attached hydrogens (tertiary/aromatic N) is 2. The van der Waals surface area contributed by atoms with Crippen LogP contribution in [0, 0.1) is 0 Å². The topological polar surface area (TPSA) is 86.4 Å². The largest absolute Gasteiger partial charge is 0.322 e. The zero-order valence-electron chi connectivity index (χ0n) is 15.9. The van der Waals surface area contributed by atoms with Crippen LogP contribution in [0.4, 0.5) is 16.3 Å². The predicted octanol–water partition coefficient (Wildman–Crippen LogP) is 3.59. The van der Waals surface area contributed by atoms with Crippen molar-refractivity contribution in [2.24, 2.45) is 0 Å². The fraction of sp³-hybridized carbons (Fsp3) is 0.350. The third kappa shape index (κ3) is 4.79. The van der Waals surface area contributed by atoms with Gasteiger partial charge in [0, 0.05) is 24.8 Å². The predicted molar refractivity (Wildman–Crippen MR) is 111 cm³/mol. The number of urea groups is 1. The van der Waals surface area contributed by atoms with Crippen LogP contribution >= 0.6 is 11.6 Å². The van der Waals surface area contributed by atoms with Crippen molar-refractivity contribution in [2.45, 2.75) is 32.4 Å². The van der Waals surface area contributed by atoms with Gasteiger partial charge in [-0.15, -0.1) is 0 Å². The number of benzene rings is 1. The monoisotopic (exact) mass is 401 g/mol. The van der Waals surface area contributed by atoms with E-state index in [4.69, 9.17) is 11.6 Å². The summed E-state index contributed by atoms with van der Waals surface area (Å²) >= 11 is 5.82. The minimum Gasteiger partial charge on any atom is -0.318 e. The van der Waals surface area contributed by atoms with Gasteiger partial charge >= 0.3 is 6.03 Å². The van der Waals surface area contributed by atoms with Gasteiger partial charge in [0.1, 0.15) is 5.82 Å². The van der Waals surface area contributed by atoms with Crippen molar-refractivity contribution in [1.82, 2.24) is 15.2 Å². The Morgan fingerprint density at radius 3 is 2.64 bits per heavy atom. The Bertz CT molecular complexity index is 835. The number of carbonyl (C=O) groups is 2. The first-order valence-electron chi connectivity index (χ1n) is 9.27. The number of anilines is 2. The molecule has 0 saturated carbocycles. The summed E-state index contributed by atoms with van der Waals surface area (Å²) in [5.74, 6) is 0.0284. The van der Waals surface area contributed by atoms with Crippen LogP contribution in [0.15, 0.2) is 42.6 Å². The smallest absolute Gasteiger partial charge is 0.318 e. The highest BCUT2D eigenvalue weighted by Crippen LogP contribution is 2.20. The van der Waals surface area contributed by atoms with Gasteiger partial charge in [-0.05, 0) is 51.1 Å². The van der Waals surface area contributed by atoms with E-state index in [1.54, 1.807) is 36.4 Å². The first kappa shape index (κ1) is 20.1. The molecule has 2 aromatic rings. The standard InChI is InChI=1S/C20H24ClN5O2/c1-13(2)26(15-9-10-22-12-15)20(28)24-17-6-4-3-5-16(17)19(27)25-18-8-7-14(21)11-23-18/h3-8,11,13,15,22H,9-10,12H2,1-2H3,(H,24,28)(H,23,25,27). The highest BCUT2D eigenvalue weighted by Gasteiger charge is 2.29. The second-order valence-corrected chi connectivity index (χ2v) is 7.38. The number of pyridine rings is 1. The van der Waals surface area contributed by atoms with Crippen LogP contribution in [0.3, 0.4) is 0 Å². The lowest BCUT2D eigenvalue weighted by Crippen LogP contribution is -2.48. The third-order valence-corrected chi connectivity index (χ3v) is 4.82. The molecule has 1 unspecified atom stereocenters. The van der Waals surface area contributed by atoms with Crippen LogP contribution in [-0.2, 0) is 0 Å². The maximum absolute atomic E-state index is 12.9. The average molecular weight is 402 g/mol. The van der Waals surface area contributed by atoms with E-state index in [0.717, 1.165) is 19.5 Å². The maximum atomic E-state index is 12.9. The minimum absolute atomic E-state index is 0.0455. The summed E-state index contributed by atoms with van der Waals surface area (Å²) in [6.45, 7) is 5.65. The molecule has 2 heterocycles. The molecule has 3 rings (SSSR count). The van der Waals surface area contributed by atoms with Gasteiger partial charge in [-0.1, -0.05) is 23.7 Å². The molecule has 1 fully saturated rings. The molecule has 0 aliphatic carbocycles. The van der Waals surface area contributed by atoms with Crippen LogP contribution in [0.5, 0.6) is 0 Å². The number of hydrogen-bond acceptors (Lipinski definition) is 4. The lowest BCUT2D eigenvalue weighted by atomic mass is 10.1. The summed E-state index contributed by atoms with van der Waals surface area (Å²) in [7, 11) is 0. The van der Waals surface area contributed by atoms with Crippen molar-refractivity contribution >= 4 is 35.0 Å². The molecule has 1 aliphatic heterocycles. The van der Waals surface area contributed by atoms with Crippen molar-refractivity contribution < 1.29 is 9.59 Å². The van der Waals surface area contributed by atoms with Crippen LogP contribution in [0.1, 0.15) is 30.6 Å². The zero-order chi connectivity index (χ0) is 20.1. The van der Waals surface area contributed by atoms with E-state index in [1.807, 2.05) is 18.7 Å². The fourth-order valence-corrected chi connectivity index (χ4v) is 3.41. The normalized spacial score (nSPS) is 16.1. The lowest BCUT2D eigenvalue weighted by Gasteiger charge is -2.32. The molecule has 0 radical (unpaired) electrons. The Morgan fingerprint density at radius 1 is 1.21 bits per heavy atom. The number of nitrogens with one attached hydrogen (secondary N) is 3. The number of rotatable bonds is 5. The Balaban J connectivity index is 1.76. The van der Waals surface area contributed by atoms with Gasteiger partial charge in [-0.2, -0.15) is 0 Å². The SMILES string of the molecule is CC(C)N(C(=O)Nc1ccccc1C(=O)Nc1ccc(Cl)cn1)C1CCNC1. The van der Waals surface area contributed by atoms with E-state index in [-0.39, 0.29) is 24.0 Å². The van der Waals surface area contributed by atoms with Crippen LogP contribution in [-0.4, -0.2) is 47.0 Å². The van der Waals surface area contributed by atoms with E-state index in [2.05, 4.69) is 20.9 Å². The maximum Gasteiger partial charge on any atom is 0.322 e. The highest BCUT2D eigenvalue weighted by atomic mass is 35.5. The molecule has 28 heavy (non-hydrogen) atoms. The fourth-order valence-electron chi connectivity index (χ4n) is 3.30. The van der Waals surface area contributed by atoms with E-state index < -0.39 is 0 Å². The van der Waals surface area contributed by atoms with E-state index in [9.17, 15) is 9.59 Å². The van der Waals surface area contributed by atoms with Gasteiger partial charge in [0.05, 0.1) is 16.3 Å². The number of hydrogen-bond donors (Lipinski definition) is 3. The molecular formula is C20H24ClN5O2. The first-order valence-corrected chi connectivity index (χ1v) is 9.65. The Hall–Kier alpha value is -2.64. The summed E-state index contributed by atoms with van der Waals surface area (Å²) in [6.07, 6.45) is 2.37. The summed E-state index contributed by atoms with van der Waals surface area (Å²) in [4.78, 5) is 31.5. The first-order chi connectivity index (χ1) is 13.5. The zero-order valence-corrected chi connectivity index (χ0v) is 16.7. The van der Waals surface area contributed by atoms with Gasteiger partial charge in [-0.3, -0.25) is 4.79 Å². The molecule has 1 aliphatic rings. The summed E-state index contributed by atoms with van der Waals surface area (Å²) in [6, 6.07) is 10.1. The molecule has 148 valence electrons. The molecule has 1 saturated heterocycles. The molecule has 1 atom stereocenters. The van der Waals surface area contributed by atoms with Gasteiger partial charge in [-0.25, -0.2) is 9.78 Å². The van der Waals surface area contributed by atoms with Gasteiger partial charge in [0.15, 0.2) is 0 Å². The average Bonchev–Trinajstić information content (AvgIpc) is 3.18. The molecule has 8 heteroatoms. The molecule has 7 nitrogen and oxygen atoms in total. The van der Waals surface area contributed by atoms with Crippen LogP contribution in [0.25, 0.3) is 0 Å². The summed E-state index contributed by atoms with van der Waals surface area (Å²) < 4.78 is 0. The lowest BCUT2D eigenvalue weighted by molar-refractivity contribution is 0.102. The third-order valence-electron chi connectivity index (χ3n) is 4.60. The molecule has 3 amide bonds. The second-order valence-electron chi connectivity index (χ2n) is 6.94. The molecule has 3 N–H and O–H groups in total. The molecular weight excluding hydrogens is 378 g/mol. The van der Waals surface area contributed by atoms with Crippen LogP contribution in [0.2, 0.25) is 5.02 Å². The van der Waals surface area contributed by atoms with E-state index in [1.165, 1.54) is 6.20 Å². The van der Waals surface area contributed by atoms with Gasteiger partial charge in [0.25, 0.3) is 5.91 Å². The number of aromatic nitrogens is 1. The number of para-hydroxylation sites is 1. The number of carbonyl (C=O) groups excluding carboxylic acids is 2. The highest BCUT2D eigenvalue weighted by molar-refractivity contribution is 6.30. The Kier molecular flexibility index (Phi) is 6.49. The van der Waals surface area contributed by atoms with Crippen molar-refractivity contribution in [3.63, 3.8) is 0 Å². The van der Waals surface area contributed by atoms with Crippen molar-refractivity contribution in [3.8, 4) is 0 Å². The van der Waals surface area contributed by atoms with Gasteiger partial charge < -0.3 is 20.9 Å². The van der Waals surface area contributed by atoms with Crippen LogP contribution < -0.4 is 16.0 Å².